The van der Waals surface area contributed by atoms with Gasteiger partial charge in [0.15, 0.2) is 0 Å². The summed E-state index contributed by atoms with van der Waals surface area (Å²) in [4.78, 5) is 20.6. The largest absolute Gasteiger partial charge is 0.443 e. The van der Waals surface area contributed by atoms with Gasteiger partial charge in [-0.25, -0.2) is 19.3 Å². The average molecular weight is 564 g/mol. The summed E-state index contributed by atoms with van der Waals surface area (Å²) in [7, 11) is -3.00. The molecule has 10 heteroatoms. The Morgan fingerprint density at radius 3 is 2.88 bits per heavy atom. The zero-order valence-electron chi connectivity index (χ0n) is 17.2. The number of fused-ring (bicyclic) bond motifs is 4. The fourth-order valence-electron chi connectivity index (χ4n) is 3.21. The lowest BCUT2D eigenvalue weighted by molar-refractivity contribution is -0.365. The average Bonchev–Trinajstić information content (AvgIpc) is 2.80. The zero-order chi connectivity index (χ0) is 22.4. The maximum absolute atomic E-state index is 13.8. The Morgan fingerprint density at radius 1 is 1.19 bits per heavy atom. The van der Waals surface area contributed by atoms with E-state index in [0.717, 1.165) is 21.4 Å². The van der Waals surface area contributed by atoms with Gasteiger partial charge in [-0.2, -0.15) is 0 Å². The second-order valence-electron chi connectivity index (χ2n) is 7.21. The molecule has 32 heavy (non-hydrogen) atoms. The highest BCUT2D eigenvalue weighted by Gasteiger charge is 2.19. The molecule has 2 aromatic carbocycles. The van der Waals surface area contributed by atoms with Gasteiger partial charge in [0.1, 0.15) is 15.9 Å². The smallest absolute Gasteiger partial charge is 0.442 e. The Morgan fingerprint density at radius 2 is 2.03 bits per heavy atom. The highest BCUT2D eigenvalue weighted by molar-refractivity contribution is 14.1. The van der Waals surface area contributed by atoms with Gasteiger partial charge in [0.25, 0.3) is 0 Å². The van der Waals surface area contributed by atoms with Crippen LogP contribution in [0.5, 0.6) is 0 Å². The second-order valence-corrected chi connectivity index (χ2v) is 10.7. The fourth-order valence-corrected chi connectivity index (χ4v) is 5.60. The molecule has 1 atom stereocenters. The van der Waals surface area contributed by atoms with E-state index < -0.39 is 15.8 Å². The van der Waals surface area contributed by atoms with Crippen molar-refractivity contribution in [3.63, 3.8) is 0 Å². The molecule has 0 saturated carbocycles. The number of aromatic amines is 1. The number of hydrogen-bond donors (Lipinski definition) is 2. The maximum atomic E-state index is 13.8. The number of carbonyl (C=O) groups is 1. The van der Waals surface area contributed by atoms with Crippen molar-refractivity contribution in [2.24, 2.45) is 4.36 Å². The third kappa shape index (κ3) is 5.74. The first kappa shape index (κ1) is 22.5. The number of benzene rings is 2. The number of carbonyl (C=O) groups excluding carboxylic acids is 1. The molecule has 1 aromatic heterocycles. The Labute approximate surface area is 200 Å². The monoisotopic (exact) mass is 564 g/mol. The molecule has 1 amide bonds. The normalized spacial score (nSPS) is 18.0. The molecule has 0 saturated heterocycles. The van der Waals surface area contributed by atoms with Gasteiger partial charge in [0.2, 0.25) is 5.82 Å². The molecular formula is C22H23IN5O3S+. The van der Waals surface area contributed by atoms with Crippen LogP contribution in [0.25, 0.3) is 0 Å². The Balaban J connectivity index is 1.62. The minimum Gasteiger partial charge on any atom is -0.443 e. The van der Waals surface area contributed by atoms with Crippen LogP contribution >= 0.6 is 22.6 Å². The van der Waals surface area contributed by atoms with E-state index in [-0.39, 0.29) is 12.4 Å². The molecule has 1 aliphatic rings. The summed E-state index contributed by atoms with van der Waals surface area (Å²) in [5.41, 5.74) is 1.54. The van der Waals surface area contributed by atoms with Crippen molar-refractivity contribution in [1.29, 1.82) is 0 Å². The van der Waals surface area contributed by atoms with Crippen LogP contribution < -0.4 is 15.6 Å². The van der Waals surface area contributed by atoms with Crippen molar-refractivity contribution in [3.8, 4) is 0 Å². The number of H-pyrrole nitrogens is 1. The van der Waals surface area contributed by atoms with Gasteiger partial charge in [0.05, 0.1) is 20.8 Å². The Hall–Kier alpha value is -2.73. The van der Waals surface area contributed by atoms with Crippen LogP contribution in [0.2, 0.25) is 0 Å². The first-order chi connectivity index (χ1) is 15.5. The minimum absolute atomic E-state index is 0.0833. The molecule has 166 valence electrons. The highest BCUT2D eigenvalue weighted by atomic mass is 127. The second kappa shape index (κ2) is 10.3. The molecule has 1 aliphatic heterocycles. The van der Waals surface area contributed by atoms with E-state index in [1.54, 1.807) is 18.2 Å². The van der Waals surface area contributed by atoms with Crippen LogP contribution in [0.15, 0.2) is 70.1 Å². The molecule has 3 aromatic rings. The summed E-state index contributed by atoms with van der Waals surface area (Å²) >= 11 is 2.21. The first-order valence-electron chi connectivity index (χ1n) is 10.2. The molecule has 1 unspecified atom stereocenters. The van der Waals surface area contributed by atoms with Crippen molar-refractivity contribution in [1.82, 2.24) is 4.98 Å². The lowest BCUT2D eigenvalue weighted by Crippen LogP contribution is -2.16. The summed E-state index contributed by atoms with van der Waals surface area (Å²) in [6, 6.07) is 16.4. The molecule has 2 heterocycles. The summed E-state index contributed by atoms with van der Waals surface area (Å²) in [6.45, 7) is 0.748. The van der Waals surface area contributed by atoms with E-state index in [2.05, 4.69) is 47.6 Å². The number of rotatable bonds is 2. The van der Waals surface area contributed by atoms with Crippen LogP contribution in [0.3, 0.4) is 0 Å². The van der Waals surface area contributed by atoms with Gasteiger partial charge < -0.3 is 10.1 Å². The molecule has 3 N–H and O–H groups in total. The number of hydrogen-bond acceptors (Lipinski definition) is 6. The van der Waals surface area contributed by atoms with E-state index in [9.17, 15) is 9.00 Å². The lowest BCUT2D eigenvalue weighted by atomic mass is 10.2. The predicted octanol–water partition coefficient (Wildman–Crippen LogP) is 4.61. The van der Waals surface area contributed by atoms with Gasteiger partial charge in [-0.1, -0.05) is 41.4 Å². The number of amides is 1. The third-order valence-electron chi connectivity index (χ3n) is 4.82. The topological polar surface area (TPSA) is 107 Å². The number of ether oxygens (including phenoxy) is 1. The van der Waals surface area contributed by atoms with Crippen LogP contribution in [-0.2, 0) is 21.1 Å². The number of aromatic nitrogens is 2. The van der Waals surface area contributed by atoms with Gasteiger partial charge in [-0.3, -0.25) is 0 Å². The van der Waals surface area contributed by atoms with Gasteiger partial charge in [0, 0.05) is 12.3 Å². The molecule has 4 rings (SSSR count). The Bertz CT molecular complexity index is 1230. The first-order valence-corrected chi connectivity index (χ1v) is 12.9. The zero-order valence-corrected chi connectivity index (χ0v) is 20.2. The summed E-state index contributed by atoms with van der Waals surface area (Å²) in [6.07, 6.45) is 2.42. The molecule has 0 fully saturated rings. The summed E-state index contributed by atoms with van der Waals surface area (Å²) in [5.74, 6) is 1.58. The Kier molecular flexibility index (Phi) is 7.20. The van der Waals surface area contributed by atoms with E-state index in [1.165, 1.54) is 0 Å². The van der Waals surface area contributed by atoms with Gasteiger partial charge >= 0.3 is 12.0 Å². The van der Waals surface area contributed by atoms with Crippen LogP contribution in [0, 0.1) is 3.57 Å². The van der Waals surface area contributed by atoms with Gasteiger partial charge in [-0.05, 0) is 59.2 Å². The lowest BCUT2D eigenvalue weighted by Gasteiger charge is -2.11. The summed E-state index contributed by atoms with van der Waals surface area (Å²) in [5, 5.41) is 6.51. The van der Waals surface area contributed by atoms with Crippen LogP contribution in [-0.4, -0.2) is 27.6 Å². The number of anilines is 3. The third-order valence-corrected chi connectivity index (χ3v) is 7.92. The standard InChI is InChI=1S/C22H22IN5O3S/c23-19-14-25-21-26-17-9-6-10-18(13-17)32(30,12-5-4-11-24-20(19)27-21)28-22(29)31-15-16-7-2-1-3-8-16/h1-3,6-10,13-14H,4-5,11-12,15H2,(H2,24,25,26,27)/p+1. The van der Waals surface area contributed by atoms with E-state index in [4.69, 9.17) is 4.74 Å². The highest BCUT2D eigenvalue weighted by Crippen LogP contribution is 2.23. The fraction of sp³-hybridized carbons (Fsp3) is 0.227. The van der Waals surface area contributed by atoms with Gasteiger partial charge in [-0.15, -0.1) is 4.36 Å². The van der Waals surface area contributed by atoms with Crippen molar-refractivity contribution in [2.45, 2.75) is 24.3 Å². The van der Waals surface area contributed by atoms with Crippen LogP contribution in [0.4, 0.5) is 22.2 Å². The van der Waals surface area contributed by atoms with Crippen molar-refractivity contribution >= 4 is 55.9 Å². The molecular weight excluding hydrogens is 541 g/mol. The van der Waals surface area contributed by atoms with E-state index in [0.29, 0.717) is 29.5 Å². The minimum atomic E-state index is -3.00. The van der Waals surface area contributed by atoms with Crippen molar-refractivity contribution < 1.29 is 18.7 Å². The number of halogens is 1. The SMILES string of the molecule is O=C(N=S1(=O)CCCCNc2nc([nH+]cc2I)Nc2cccc1c2)OCc1ccccc1. The predicted molar refractivity (Wildman–Crippen MR) is 131 cm³/mol. The molecule has 0 aliphatic carbocycles. The number of nitrogens with zero attached hydrogens (tertiary/aromatic N) is 2. The number of nitrogens with one attached hydrogen (secondary N) is 3. The molecule has 0 radical (unpaired) electrons. The molecule has 8 nitrogen and oxygen atoms in total. The van der Waals surface area contributed by atoms with Crippen molar-refractivity contribution in [2.75, 3.05) is 22.9 Å². The van der Waals surface area contributed by atoms with E-state index >= 15 is 0 Å². The summed E-state index contributed by atoms with van der Waals surface area (Å²) < 4.78 is 24.1. The quantitative estimate of drug-likeness (QED) is 0.441. The van der Waals surface area contributed by atoms with Crippen LogP contribution in [0.1, 0.15) is 18.4 Å². The molecule has 0 spiro atoms. The maximum Gasteiger partial charge on any atom is 0.442 e. The van der Waals surface area contributed by atoms with Crippen molar-refractivity contribution in [3.05, 3.63) is 69.9 Å². The molecule has 4 bridgehead atoms. The van der Waals surface area contributed by atoms with E-state index in [1.807, 2.05) is 42.6 Å².